The normalized spacial score (nSPS) is 19.9. The van der Waals surface area contributed by atoms with Crippen molar-refractivity contribution in [3.63, 3.8) is 0 Å². The molecule has 0 atom stereocenters. The van der Waals surface area contributed by atoms with Gasteiger partial charge in [0.05, 0.1) is 24.9 Å². The van der Waals surface area contributed by atoms with Crippen molar-refractivity contribution in [3.05, 3.63) is 29.6 Å². The van der Waals surface area contributed by atoms with E-state index in [4.69, 9.17) is 9.47 Å². The molecule has 1 saturated heterocycles. The minimum absolute atomic E-state index is 0.240. The van der Waals surface area contributed by atoms with E-state index >= 15 is 0 Å². The topological polar surface area (TPSA) is 43.4 Å². The zero-order valence-electron chi connectivity index (χ0n) is 11.4. The highest BCUT2D eigenvalue weighted by atomic mass is 16.7. The van der Waals surface area contributed by atoms with Crippen LogP contribution >= 0.6 is 0 Å². The fraction of sp³-hybridized carbons (Fsp3) is 0.643. The molecule has 1 fully saturated rings. The van der Waals surface area contributed by atoms with Gasteiger partial charge in [-0.3, -0.25) is 4.98 Å². The van der Waals surface area contributed by atoms with Gasteiger partial charge < -0.3 is 14.8 Å². The molecule has 0 aliphatic carbocycles. The summed E-state index contributed by atoms with van der Waals surface area (Å²) >= 11 is 0. The van der Waals surface area contributed by atoms with Gasteiger partial charge in [0, 0.05) is 12.7 Å². The fourth-order valence-electron chi connectivity index (χ4n) is 2.00. The first-order chi connectivity index (χ1) is 8.61. The number of ether oxygens (including phenoxy) is 2. The SMILES string of the molecule is CCc1cccnc1CNC1COC(C)(C)OC1. The van der Waals surface area contributed by atoms with Crippen LogP contribution in [-0.2, 0) is 22.4 Å². The number of nitrogens with zero attached hydrogens (tertiary/aromatic N) is 1. The van der Waals surface area contributed by atoms with Crippen molar-refractivity contribution >= 4 is 0 Å². The Morgan fingerprint density at radius 1 is 1.39 bits per heavy atom. The van der Waals surface area contributed by atoms with E-state index in [-0.39, 0.29) is 6.04 Å². The lowest BCUT2D eigenvalue weighted by molar-refractivity contribution is -0.253. The van der Waals surface area contributed by atoms with E-state index in [0.717, 1.165) is 18.7 Å². The van der Waals surface area contributed by atoms with Crippen LogP contribution in [0.1, 0.15) is 32.0 Å². The molecular weight excluding hydrogens is 228 g/mol. The molecule has 0 aromatic carbocycles. The fourth-order valence-corrected chi connectivity index (χ4v) is 2.00. The summed E-state index contributed by atoms with van der Waals surface area (Å²) in [5.74, 6) is -0.447. The minimum atomic E-state index is -0.447. The number of hydrogen-bond donors (Lipinski definition) is 1. The van der Waals surface area contributed by atoms with Crippen molar-refractivity contribution in [1.82, 2.24) is 10.3 Å². The lowest BCUT2D eigenvalue weighted by atomic mass is 10.1. The zero-order chi connectivity index (χ0) is 13.0. The van der Waals surface area contributed by atoms with Crippen molar-refractivity contribution < 1.29 is 9.47 Å². The predicted octanol–water partition coefficient (Wildman–Crippen LogP) is 1.89. The van der Waals surface area contributed by atoms with Crippen LogP contribution in [0.3, 0.4) is 0 Å². The van der Waals surface area contributed by atoms with E-state index in [0.29, 0.717) is 13.2 Å². The summed E-state index contributed by atoms with van der Waals surface area (Å²) in [6.45, 7) is 8.16. The third kappa shape index (κ3) is 3.51. The number of aryl methyl sites for hydroxylation is 1. The second kappa shape index (κ2) is 5.78. The van der Waals surface area contributed by atoms with Crippen molar-refractivity contribution in [3.8, 4) is 0 Å². The lowest BCUT2D eigenvalue weighted by Gasteiger charge is -2.35. The van der Waals surface area contributed by atoms with Gasteiger partial charge in [-0.2, -0.15) is 0 Å². The summed E-state index contributed by atoms with van der Waals surface area (Å²) in [7, 11) is 0. The molecule has 0 bridgehead atoms. The van der Waals surface area contributed by atoms with Gasteiger partial charge in [-0.1, -0.05) is 13.0 Å². The standard InChI is InChI=1S/C14H22N2O2/c1-4-11-6-5-7-15-13(11)8-16-12-9-17-14(2,3)18-10-12/h5-7,12,16H,4,8-10H2,1-3H3. The second-order valence-corrected chi connectivity index (χ2v) is 5.06. The van der Waals surface area contributed by atoms with Crippen LogP contribution in [0, 0.1) is 0 Å². The van der Waals surface area contributed by atoms with Gasteiger partial charge in [-0.15, -0.1) is 0 Å². The number of rotatable bonds is 4. The predicted molar refractivity (Wildman–Crippen MR) is 70.2 cm³/mol. The zero-order valence-corrected chi connectivity index (χ0v) is 11.4. The Labute approximate surface area is 109 Å². The minimum Gasteiger partial charge on any atom is -0.349 e. The van der Waals surface area contributed by atoms with E-state index in [2.05, 4.69) is 23.3 Å². The molecular formula is C14H22N2O2. The molecule has 4 nitrogen and oxygen atoms in total. The quantitative estimate of drug-likeness (QED) is 0.886. The molecule has 1 aromatic heterocycles. The summed E-state index contributed by atoms with van der Waals surface area (Å²) in [5.41, 5.74) is 2.41. The van der Waals surface area contributed by atoms with Crippen LogP contribution in [-0.4, -0.2) is 30.0 Å². The molecule has 2 heterocycles. The van der Waals surface area contributed by atoms with Gasteiger partial charge in [0.15, 0.2) is 5.79 Å². The van der Waals surface area contributed by atoms with Crippen LogP contribution in [0.25, 0.3) is 0 Å². The Morgan fingerprint density at radius 3 is 2.78 bits per heavy atom. The van der Waals surface area contributed by atoms with Gasteiger partial charge in [-0.05, 0) is 31.9 Å². The highest BCUT2D eigenvalue weighted by Crippen LogP contribution is 2.17. The molecule has 2 rings (SSSR count). The lowest BCUT2D eigenvalue weighted by Crippen LogP contribution is -2.48. The van der Waals surface area contributed by atoms with Gasteiger partial charge in [-0.25, -0.2) is 0 Å². The molecule has 1 aromatic rings. The largest absolute Gasteiger partial charge is 0.349 e. The van der Waals surface area contributed by atoms with Gasteiger partial charge in [0.25, 0.3) is 0 Å². The monoisotopic (exact) mass is 250 g/mol. The molecule has 0 saturated carbocycles. The molecule has 0 unspecified atom stereocenters. The smallest absolute Gasteiger partial charge is 0.162 e. The maximum Gasteiger partial charge on any atom is 0.162 e. The van der Waals surface area contributed by atoms with Crippen molar-refractivity contribution in [2.24, 2.45) is 0 Å². The van der Waals surface area contributed by atoms with E-state index in [1.807, 2.05) is 26.1 Å². The average Bonchev–Trinajstić information content (AvgIpc) is 2.38. The molecule has 1 aliphatic rings. The van der Waals surface area contributed by atoms with E-state index in [9.17, 15) is 0 Å². The average molecular weight is 250 g/mol. The van der Waals surface area contributed by atoms with E-state index in [1.54, 1.807) is 0 Å². The first kappa shape index (κ1) is 13.5. The number of nitrogens with one attached hydrogen (secondary N) is 1. The summed E-state index contributed by atoms with van der Waals surface area (Å²) < 4.78 is 11.2. The molecule has 0 spiro atoms. The van der Waals surface area contributed by atoms with Gasteiger partial charge in [0.1, 0.15) is 0 Å². The van der Waals surface area contributed by atoms with Crippen molar-refractivity contribution in [2.45, 2.75) is 45.6 Å². The first-order valence-corrected chi connectivity index (χ1v) is 6.55. The Bertz CT molecular complexity index is 383. The number of hydrogen-bond acceptors (Lipinski definition) is 4. The van der Waals surface area contributed by atoms with Gasteiger partial charge in [0.2, 0.25) is 0 Å². The summed E-state index contributed by atoms with van der Waals surface area (Å²) in [6.07, 6.45) is 2.85. The maximum atomic E-state index is 5.62. The van der Waals surface area contributed by atoms with Gasteiger partial charge >= 0.3 is 0 Å². The highest BCUT2D eigenvalue weighted by molar-refractivity contribution is 5.19. The van der Waals surface area contributed by atoms with Crippen LogP contribution in [0.5, 0.6) is 0 Å². The van der Waals surface area contributed by atoms with Crippen LogP contribution in [0.15, 0.2) is 18.3 Å². The Hall–Kier alpha value is -0.970. The second-order valence-electron chi connectivity index (χ2n) is 5.06. The molecule has 1 N–H and O–H groups in total. The Kier molecular flexibility index (Phi) is 4.32. The van der Waals surface area contributed by atoms with E-state index in [1.165, 1.54) is 5.56 Å². The van der Waals surface area contributed by atoms with Crippen LogP contribution in [0.2, 0.25) is 0 Å². The Morgan fingerprint density at radius 2 is 2.11 bits per heavy atom. The molecule has 0 radical (unpaired) electrons. The summed E-state index contributed by atoms with van der Waals surface area (Å²) in [5, 5.41) is 3.44. The number of pyridine rings is 1. The Balaban J connectivity index is 1.85. The van der Waals surface area contributed by atoms with E-state index < -0.39 is 5.79 Å². The molecule has 18 heavy (non-hydrogen) atoms. The van der Waals surface area contributed by atoms with Crippen molar-refractivity contribution in [2.75, 3.05) is 13.2 Å². The maximum absolute atomic E-state index is 5.62. The van der Waals surface area contributed by atoms with Crippen LogP contribution < -0.4 is 5.32 Å². The molecule has 100 valence electrons. The van der Waals surface area contributed by atoms with Crippen molar-refractivity contribution in [1.29, 1.82) is 0 Å². The molecule has 4 heteroatoms. The number of aromatic nitrogens is 1. The third-order valence-corrected chi connectivity index (χ3v) is 3.19. The summed E-state index contributed by atoms with van der Waals surface area (Å²) in [6, 6.07) is 4.35. The molecule has 1 aliphatic heterocycles. The van der Waals surface area contributed by atoms with Crippen LogP contribution in [0.4, 0.5) is 0 Å². The molecule has 0 amide bonds. The first-order valence-electron chi connectivity index (χ1n) is 6.55. The summed E-state index contributed by atoms with van der Waals surface area (Å²) in [4.78, 5) is 4.42. The highest BCUT2D eigenvalue weighted by Gasteiger charge is 2.27. The third-order valence-electron chi connectivity index (χ3n) is 3.19.